The van der Waals surface area contributed by atoms with Crippen molar-refractivity contribution >= 4 is 11.8 Å². The summed E-state index contributed by atoms with van der Waals surface area (Å²) in [5, 5.41) is 3.38. The first kappa shape index (κ1) is 16.5. The van der Waals surface area contributed by atoms with E-state index in [1.165, 1.54) is 0 Å². The highest BCUT2D eigenvalue weighted by Gasteiger charge is 2.31. The van der Waals surface area contributed by atoms with E-state index in [-0.39, 0.29) is 12.1 Å². The van der Waals surface area contributed by atoms with E-state index in [1.807, 2.05) is 49.9 Å². The van der Waals surface area contributed by atoms with Gasteiger partial charge in [0.1, 0.15) is 11.4 Å². The van der Waals surface area contributed by atoms with E-state index in [0.717, 1.165) is 30.8 Å². The van der Waals surface area contributed by atoms with Crippen LogP contribution in [-0.2, 0) is 4.74 Å². The first-order valence-electron chi connectivity index (χ1n) is 7.76. The number of carbonyl (C=O) groups excluding carboxylic acids is 1. The highest BCUT2D eigenvalue weighted by atomic mass is 16.6. The average Bonchev–Trinajstić information content (AvgIpc) is 2.92. The van der Waals surface area contributed by atoms with Crippen LogP contribution in [0.3, 0.4) is 0 Å². The van der Waals surface area contributed by atoms with Gasteiger partial charge in [0, 0.05) is 24.8 Å². The minimum absolute atomic E-state index is 0.168. The van der Waals surface area contributed by atoms with Crippen LogP contribution in [0.4, 0.5) is 10.5 Å². The summed E-state index contributed by atoms with van der Waals surface area (Å²) >= 11 is 0. The van der Waals surface area contributed by atoms with Crippen molar-refractivity contribution in [3.8, 4) is 5.75 Å². The maximum Gasteiger partial charge on any atom is 0.410 e. The van der Waals surface area contributed by atoms with Gasteiger partial charge in [-0.2, -0.15) is 0 Å². The first-order valence-corrected chi connectivity index (χ1v) is 7.76. The number of amides is 1. The lowest BCUT2D eigenvalue weighted by Crippen LogP contribution is -2.42. The van der Waals surface area contributed by atoms with Crippen LogP contribution in [0, 0.1) is 0 Å². The molecule has 0 bridgehead atoms. The van der Waals surface area contributed by atoms with E-state index in [2.05, 4.69) is 5.32 Å². The van der Waals surface area contributed by atoms with Crippen molar-refractivity contribution in [1.29, 1.82) is 0 Å². The van der Waals surface area contributed by atoms with Gasteiger partial charge in [0.05, 0.1) is 13.2 Å². The minimum atomic E-state index is -0.454. The zero-order valence-electron chi connectivity index (χ0n) is 13.9. The van der Waals surface area contributed by atoms with Crippen LogP contribution in [0.1, 0.15) is 33.6 Å². The molecule has 1 heterocycles. The number of hydrogen-bond donors (Lipinski definition) is 1. The molecule has 0 radical (unpaired) electrons. The Labute approximate surface area is 132 Å². The van der Waals surface area contributed by atoms with Crippen molar-refractivity contribution in [2.75, 3.05) is 25.5 Å². The molecule has 22 heavy (non-hydrogen) atoms. The van der Waals surface area contributed by atoms with E-state index >= 15 is 0 Å². The van der Waals surface area contributed by atoms with Gasteiger partial charge in [-0.25, -0.2) is 4.79 Å². The van der Waals surface area contributed by atoms with Crippen molar-refractivity contribution in [2.45, 2.75) is 45.3 Å². The third kappa shape index (κ3) is 4.55. The molecule has 1 aromatic carbocycles. The molecule has 1 fully saturated rings. The summed E-state index contributed by atoms with van der Waals surface area (Å²) in [5.74, 6) is 0.820. The summed E-state index contributed by atoms with van der Waals surface area (Å²) in [6, 6.07) is 7.97. The molecular weight excluding hydrogens is 280 g/mol. The van der Waals surface area contributed by atoms with Gasteiger partial charge in [-0.05, 0) is 45.7 Å². The van der Waals surface area contributed by atoms with E-state index in [1.54, 1.807) is 7.11 Å². The SMILES string of the molecule is COc1cccc(NCC2CCCN2C(=O)OC(C)(C)C)c1. The second-order valence-electron chi connectivity index (χ2n) is 6.58. The zero-order chi connectivity index (χ0) is 16.2. The lowest BCUT2D eigenvalue weighted by atomic mass is 10.2. The first-order chi connectivity index (χ1) is 10.4. The summed E-state index contributed by atoms with van der Waals surface area (Å²) in [7, 11) is 1.65. The Balaban J connectivity index is 1.92. The fourth-order valence-electron chi connectivity index (χ4n) is 2.58. The Hall–Kier alpha value is -1.91. The molecule has 1 N–H and O–H groups in total. The Kier molecular flexibility index (Phi) is 5.16. The molecule has 2 rings (SSSR count). The zero-order valence-corrected chi connectivity index (χ0v) is 13.9. The number of benzene rings is 1. The van der Waals surface area contributed by atoms with Crippen molar-refractivity contribution in [2.24, 2.45) is 0 Å². The number of rotatable bonds is 4. The molecular formula is C17H26N2O3. The highest BCUT2D eigenvalue weighted by molar-refractivity contribution is 5.69. The van der Waals surface area contributed by atoms with Gasteiger partial charge in [-0.3, -0.25) is 0 Å². The standard InChI is InChI=1S/C17H26N2O3/c1-17(2,3)22-16(20)19-10-6-8-14(19)12-18-13-7-5-9-15(11-13)21-4/h5,7,9,11,14,18H,6,8,10,12H2,1-4H3. The second kappa shape index (κ2) is 6.90. The smallest absolute Gasteiger partial charge is 0.410 e. The summed E-state index contributed by atoms with van der Waals surface area (Å²) in [4.78, 5) is 14.1. The van der Waals surface area contributed by atoms with Gasteiger partial charge in [0.25, 0.3) is 0 Å². The molecule has 0 saturated carbocycles. The number of hydrogen-bond acceptors (Lipinski definition) is 4. The van der Waals surface area contributed by atoms with Crippen LogP contribution < -0.4 is 10.1 Å². The van der Waals surface area contributed by atoms with Crippen LogP contribution in [0.25, 0.3) is 0 Å². The van der Waals surface area contributed by atoms with Crippen molar-refractivity contribution in [3.63, 3.8) is 0 Å². The van der Waals surface area contributed by atoms with Crippen LogP contribution >= 0.6 is 0 Å². The van der Waals surface area contributed by atoms with E-state index in [0.29, 0.717) is 6.54 Å². The van der Waals surface area contributed by atoms with Crippen molar-refractivity contribution in [3.05, 3.63) is 24.3 Å². The predicted octanol–water partition coefficient (Wildman–Crippen LogP) is 3.51. The quantitative estimate of drug-likeness (QED) is 0.925. The Morgan fingerprint density at radius 1 is 1.41 bits per heavy atom. The molecule has 5 nitrogen and oxygen atoms in total. The third-order valence-corrected chi connectivity index (χ3v) is 3.62. The fraction of sp³-hybridized carbons (Fsp3) is 0.588. The van der Waals surface area contributed by atoms with Gasteiger partial charge in [-0.1, -0.05) is 6.07 Å². The van der Waals surface area contributed by atoms with Crippen LogP contribution in [0.2, 0.25) is 0 Å². The topological polar surface area (TPSA) is 50.8 Å². The second-order valence-corrected chi connectivity index (χ2v) is 6.58. The Bertz CT molecular complexity index is 511. The third-order valence-electron chi connectivity index (χ3n) is 3.62. The maximum absolute atomic E-state index is 12.2. The number of methoxy groups -OCH3 is 1. The van der Waals surface area contributed by atoms with Crippen molar-refractivity contribution < 1.29 is 14.3 Å². The van der Waals surface area contributed by atoms with Crippen LogP contribution in [0.5, 0.6) is 5.75 Å². The molecule has 1 saturated heterocycles. The number of nitrogens with zero attached hydrogens (tertiary/aromatic N) is 1. The van der Waals surface area contributed by atoms with Gasteiger partial charge in [0.2, 0.25) is 0 Å². The van der Waals surface area contributed by atoms with Gasteiger partial charge in [-0.15, -0.1) is 0 Å². The molecule has 0 aliphatic carbocycles. The number of carbonyl (C=O) groups is 1. The van der Waals surface area contributed by atoms with Gasteiger partial charge >= 0.3 is 6.09 Å². The van der Waals surface area contributed by atoms with Crippen molar-refractivity contribution in [1.82, 2.24) is 4.90 Å². The molecule has 5 heteroatoms. The monoisotopic (exact) mass is 306 g/mol. The molecule has 1 aliphatic heterocycles. The van der Waals surface area contributed by atoms with Gasteiger partial charge in [0.15, 0.2) is 0 Å². The van der Waals surface area contributed by atoms with E-state index < -0.39 is 5.60 Å². The highest BCUT2D eigenvalue weighted by Crippen LogP contribution is 2.22. The Morgan fingerprint density at radius 2 is 2.18 bits per heavy atom. The molecule has 0 spiro atoms. The molecule has 122 valence electrons. The molecule has 1 unspecified atom stereocenters. The number of ether oxygens (including phenoxy) is 2. The predicted molar refractivity (Wildman–Crippen MR) is 87.4 cm³/mol. The lowest BCUT2D eigenvalue weighted by Gasteiger charge is -2.29. The molecule has 1 atom stereocenters. The number of anilines is 1. The summed E-state index contributed by atoms with van der Waals surface area (Å²) in [5.41, 5.74) is 0.542. The summed E-state index contributed by atoms with van der Waals surface area (Å²) < 4.78 is 10.7. The largest absolute Gasteiger partial charge is 0.497 e. The normalized spacial score (nSPS) is 18.2. The molecule has 1 aliphatic rings. The van der Waals surface area contributed by atoms with E-state index in [4.69, 9.17) is 9.47 Å². The summed E-state index contributed by atoms with van der Waals surface area (Å²) in [6.07, 6.45) is 1.79. The molecule has 0 aromatic heterocycles. The number of nitrogens with one attached hydrogen (secondary N) is 1. The van der Waals surface area contributed by atoms with Crippen LogP contribution in [-0.4, -0.2) is 42.8 Å². The van der Waals surface area contributed by atoms with E-state index in [9.17, 15) is 4.79 Å². The van der Waals surface area contributed by atoms with Gasteiger partial charge < -0.3 is 19.7 Å². The summed E-state index contributed by atoms with van der Waals surface area (Å²) in [6.45, 7) is 7.16. The Morgan fingerprint density at radius 3 is 2.86 bits per heavy atom. The molecule has 1 aromatic rings. The minimum Gasteiger partial charge on any atom is -0.497 e. The lowest BCUT2D eigenvalue weighted by molar-refractivity contribution is 0.0235. The molecule has 1 amide bonds. The maximum atomic E-state index is 12.2. The van der Waals surface area contributed by atoms with Crippen LogP contribution in [0.15, 0.2) is 24.3 Å². The average molecular weight is 306 g/mol. The number of likely N-dealkylation sites (tertiary alicyclic amines) is 1. The fourth-order valence-corrected chi connectivity index (χ4v) is 2.58.